The quantitative estimate of drug-likeness (QED) is 0.866. The van der Waals surface area contributed by atoms with Crippen LogP contribution in [0.25, 0.3) is 10.8 Å². The van der Waals surface area contributed by atoms with Crippen LogP contribution in [0.3, 0.4) is 0 Å². The van der Waals surface area contributed by atoms with E-state index in [0.717, 1.165) is 29.3 Å². The van der Waals surface area contributed by atoms with E-state index in [1.807, 2.05) is 22.4 Å². The number of aromatic nitrogens is 1. The normalized spacial score (nSPS) is 24.4. The van der Waals surface area contributed by atoms with E-state index in [-0.39, 0.29) is 18.1 Å². The molecule has 2 fully saturated rings. The summed E-state index contributed by atoms with van der Waals surface area (Å²) in [5.41, 5.74) is 0.824. The molecule has 1 amide bonds. The molecule has 2 atom stereocenters. The number of hydrogen-bond acceptors (Lipinski definition) is 5. The molecule has 1 aliphatic heterocycles. The molecule has 0 radical (unpaired) electrons. The van der Waals surface area contributed by atoms with Gasteiger partial charge in [-0.15, -0.1) is 11.3 Å². The predicted molar refractivity (Wildman–Crippen MR) is 87.2 cm³/mol. The standard InChI is InChI=1S/C17H20N2O3S/c20-16(19-7-9-22-14-5-2-1-4-13(14)19)10-12-11-23-17(18-12)15-6-3-8-21-15/h3,6,8,11,13-14H,1-2,4-5,7,9-10H2/t13-,14+/m0/s1. The first-order valence-electron chi connectivity index (χ1n) is 8.20. The number of rotatable bonds is 3. The minimum Gasteiger partial charge on any atom is -0.462 e. The number of ether oxygens (including phenoxy) is 1. The number of furan rings is 1. The van der Waals surface area contributed by atoms with Gasteiger partial charge in [-0.2, -0.15) is 0 Å². The van der Waals surface area contributed by atoms with Crippen molar-refractivity contribution >= 4 is 17.2 Å². The number of carbonyl (C=O) groups is 1. The second kappa shape index (κ2) is 6.45. The molecule has 0 N–H and O–H groups in total. The van der Waals surface area contributed by atoms with Crippen molar-refractivity contribution < 1.29 is 13.9 Å². The lowest BCUT2D eigenvalue weighted by atomic mass is 9.90. The van der Waals surface area contributed by atoms with E-state index in [9.17, 15) is 4.79 Å². The Morgan fingerprint density at radius 2 is 2.30 bits per heavy atom. The number of fused-ring (bicyclic) bond motifs is 1. The summed E-state index contributed by atoms with van der Waals surface area (Å²) < 4.78 is 11.2. The number of amides is 1. The Hall–Kier alpha value is -1.66. The number of morpholine rings is 1. The molecule has 2 aromatic rings. The average Bonchev–Trinajstić information content (AvgIpc) is 3.25. The van der Waals surface area contributed by atoms with Crippen LogP contribution in [0, 0.1) is 0 Å². The van der Waals surface area contributed by atoms with Crippen molar-refractivity contribution in [3.05, 3.63) is 29.5 Å². The molecule has 4 rings (SSSR count). The largest absolute Gasteiger partial charge is 0.462 e. The molecule has 3 heterocycles. The summed E-state index contributed by atoms with van der Waals surface area (Å²) in [4.78, 5) is 19.3. The van der Waals surface area contributed by atoms with Crippen LogP contribution < -0.4 is 0 Å². The maximum Gasteiger partial charge on any atom is 0.229 e. The van der Waals surface area contributed by atoms with Crippen LogP contribution in [-0.2, 0) is 16.0 Å². The van der Waals surface area contributed by atoms with E-state index in [1.54, 1.807) is 6.26 Å². The fourth-order valence-corrected chi connectivity index (χ4v) is 4.35. The Balaban J connectivity index is 1.45. The molecule has 0 bridgehead atoms. The summed E-state index contributed by atoms with van der Waals surface area (Å²) in [6.07, 6.45) is 6.77. The molecule has 0 spiro atoms. The maximum absolute atomic E-state index is 12.7. The Bertz CT molecular complexity index is 665. The zero-order valence-electron chi connectivity index (χ0n) is 12.9. The lowest BCUT2D eigenvalue weighted by Crippen LogP contribution is -2.55. The Kier molecular flexibility index (Phi) is 4.18. The van der Waals surface area contributed by atoms with Gasteiger partial charge in [0.15, 0.2) is 10.8 Å². The number of hydrogen-bond donors (Lipinski definition) is 0. The molecular weight excluding hydrogens is 312 g/mol. The minimum absolute atomic E-state index is 0.168. The zero-order chi connectivity index (χ0) is 15.6. The molecule has 23 heavy (non-hydrogen) atoms. The number of carbonyl (C=O) groups excluding carboxylic acids is 1. The van der Waals surface area contributed by atoms with Crippen LogP contribution in [0.4, 0.5) is 0 Å². The van der Waals surface area contributed by atoms with Crippen LogP contribution in [0.15, 0.2) is 28.2 Å². The first-order chi connectivity index (χ1) is 11.3. The molecule has 0 unspecified atom stereocenters. The monoisotopic (exact) mass is 332 g/mol. The van der Waals surface area contributed by atoms with Crippen LogP contribution in [0.1, 0.15) is 31.4 Å². The van der Waals surface area contributed by atoms with Gasteiger partial charge < -0.3 is 14.1 Å². The van der Waals surface area contributed by atoms with Crippen LogP contribution >= 0.6 is 11.3 Å². The van der Waals surface area contributed by atoms with Crippen molar-refractivity contribution in [1.29, 1.82) is 0 Å². The smallest absolute Gasteiger partial charge is 0.229 e. The second-order valence-corrected chi connectivity index (χ2v) is 7.00. The van der Waals surface area contributed by atoms with Gasteiger partial charge in [-0.05, 0) is 25.0 Å². The third-order valence-corrected chi connectivity index (χ3v) is 5.57. The number of nitrogens with zero attached hydrogens (tertiary/aromatic N) is 2. The van der Waals surface area contributed by atoms with Crippen molar-refractivity contribution in [2.45, 2.75) is 44.2 Å². The van der Waals surface area contributed by atoms with Crippen LogP contribution in [-0.4, -0.2) is 41.1 Å². The van der Waals surface area contributed by atoms with Crippen molar-refractivity contribution in [2.24, 2.45) is 0 Å². The second-order valence-electron chi connectivity index (χ2n) is 6.15. The van der Waals surface area contributed by atoms with Crippen molar-refractivity contribution in [3.63, 3.8) is 0 Å². The van der Waals surface area contributed by atoms with E-state index in [0.29, 0.717) is 19.6 Å². The molecule has 1 saturated carbocycles. The minimum atomic E-state index is 0.168. The molecule has 1 aliphatic carbocycles. The SMILES string of the molecule is O=C(Cc1csc(-c2ccco2)n1)N1CCO[C@@H]2CCCC[C@@H]21. The average molecular weight is 332 g/mol. The van der Waals surface area contributed by atoms with E-state index in [4.69, 9.17) is 9.15 Å². The van der Waals surface area contributed by atoms with Gasteiger partial charge in [-0.25, -0.2) is 4.98 Å². The Labute approximate surface area is 139 Å². The molecule has 122 valence electrons. The summed E-state index contributed by atoms with van der Waals surface area (Å²) in [7, 11) is 0. The van der Waals surface area contributed by atoms with Gasteiger partial charge in [0.05, 0.1) is 37.1 Å². The van der Waals surface area contributed by atoms with E-state index >= 15 is 0 Å². The van der Waals surface area contributed by atoms with Crippen molar-refractivity contribution in [3.8, 4) is 10.8 Å². The lowest BCUT2D eigenvalue weighted by Gasteiger charge is -2.43. The van der Waals surface area contributed by atoms with Gasteiger partial charge in [-0.1, -0.05) is 12.8 Å². The molecule has 2 aliphatic rings. The van der Waals surface area contributed by atoms with Crippen LogP contribution in [0.2, 0.25) is 0 Å². The fraction of sp³-hybridized carbons (Fsp3) is 0.529. The highest BCUT2D eigenvalue weighted by Gasteiger charge is 2.36. The highest BCUT2D eigenvalue weighted by atomic mass is 32.1. The van der Waals surface area contributed by atoms with Gasteiger partial charge in [0.25, 0.3) is 0 Å². The van der Waals surface area contributed by atoms with Gasteiger partial charge in [0, 0.05) is 11.9 Å². The highest BCUT2D eigenvalue weighted by molar-refractivity contribution is 7.13. The van der Waals surface area contributed by atoms with Gasteiger partial charge in [0.1, 0.15) is 0 Å². The van der Waals surface area contributed by atoms with Crippen LogP contribution in [0.5, 0.6) is 0 Å². The topological polar surface area (TPSA) is 55.6 Å². The predicted octanol–water partition coefficient (Wildman–Crippen LogP) is 3.12. The Morgan fingerprint density at radius 3 is 3.17 bits per heavy atom. The first-order valence-corrected chi connectivity index (χ1v) is 9.08. The van der Waals surface area contributed by atoms with Gasteiger partial charge >= 0.3 is 0 Å². The van der Waals surface area contributed by atoms with E-state index in [1.165, 1.54) is 24.2 Å². The van der Waals surface area contributed by atoms with Crippen molar-refractivity contribution in [2.75, 3.05) is 13.2 Å². The first kappa shape index (κ1) is 14.9. The lowest BCUT2D eigenvalue weighted by molar-refractivity contribution is -0.148. The summed E-state index contributed by atoms with van der Waals surface area (Å²) in [5.74, 6) is 0.925. The Morgan fingerprint density at radius 1 is 1.39 bits per heavy atom. The third kappa shape index (κ3) is 3.05. The highest BCUT2D eigenvalue weighted by Crippen LogP contribution is 2.29. The molecule has 5 nitrogen and oxygen atoms in total. The molecular formula is C17H20N2O3S. The van der Waals surface area contributed by atoms with Gasteiger partial charge in [-0.3, -0.25) is 4.79 Å². The number of thiazole rings is 1. The zero-order valence-corrected chi connectivity index (χ0v) is 13.8. The summed E-state index contributed by atoms with van der Waals surface area (Å²) in [6.45, 7) is 1.36. The van der Waals surface area contributed by atoms with Crippen molar-refractivity contribution in [1.82, 2.24) is 9.88 Å². The molecule has 6 heteroatoms. The summed E-state index contributed by atoms with van der Waals surface area (Å²) in [6, 6.07) is 3.99. The molecule has 2 aromatic heterocycles. The third-order valence-electron chi connectivity index (χ3n) is 4.67. The molecule has 1 saturated heterocycles. The fourth-order valence-electron chi connectivity index (χ4n) is 3.56. The molecule has 0 aromatic carbocycles. The maximum atomic E-state index is 12.7. The summed E-state index contributed by atoms with van der Waals surface area (Å²) in [5, 5.41) is 2.78. The van der Waals surface area contributed by atoms with E-state index in [2.05, 4.69) is 4.98 Å². The summed E-state index contributed by atoms with van der Waals surface area (Å²) >= 11 is 1.52. The van der Waals surface area contributed by atoms with Gasteiger partial charge in [0.2, 0.25) is 5.91 Å². The van der Waals surface area contributed by atoms with E-state index < -0.39 is 0 Å².